The number of nitrogens with zero attached hydrogens (tertiary/aromatic N) is 1. The van der Waals surface area contributed by atoms with Crippen LogP contribution in [0.4, 0.5) is 4.39 Å². The van der Waals surface area contributed by atoms with Crippen LogP contribution in [-0.4, -0.2) is 37.0 Å². The van der Waals surface area contributed by atoms with Gasteiger partial charge in [-0.2, -0.15) is 0 Å². The van der Waals surface area contributed by atoms with Gasteiger partial charge in [0.1, 0.15) is 5.82 Å². The monoisotopic (exact) mass is 312 g/mol. The van der Waals surface area contributed by atoms with E-state index in [-0.39, 0.29) is 11.5 Å². The minimum Gasteiger partial charge on any atom is -0.338 e. The highest BCUT2D eigenvalue weighted by atomic mass is 35.5. The van der Waals surface area contributed by atoms with E-state index in [9.17, 15) is 9.18 Å². The predicted octanol–water partition coefficient (Wildman–Crippen LogP) is 3.33. The summed E-state index contributed by atoms with van der Waals surface area (Å²) in [5.41, 5.74) is 0.0740. The lowest BCUT2D eigenvalue weighted by Crippen LogP contribution is -2.40. The summed E-state index contributed by atoms with van der Waals surface area (Å²) in [4.78, 5) is 14.4. The predicted molar refractivity (Wildman–Crippen MR) is 83.2 cm³/mol. The molecule has 1 aliphatic heterocycles. The van der Waals surface area contributed by atoms with E-state index >= 15 is 0 Å². The molecule has 1 aliphatic rings. The van der Waals surface area contributed by atoms with Gasteiger partial charge < -0.3 is 10.2 Å². The summed E-state index contributed by atoms with van der Waals surface area (Å²) in [6, 6.07) is 4.14. The number of benzene rings is 1. The van der Waals surface area contributed by atoms with Gasteiger partial charge >= 0.3 is 0 Å². The molecule has 1 fully saturated rings. The first-order valence-electron chi connectivity index (χ1n) is 7.57. The maximum atomic E-state index is 13.9. The number of hydrogen-bond donors (Lipinski definition) is 1. The van der Waals surface area contributed by atoms with Gasteiger partial charge in [0.05, 0.1) is 5.56 Å². The summed E-state index contributed by atoms with van der Waals surface area (Å²) in [6.07, 6.45) is 2.98. The van der Waals surface area contributed by atoms with E-state index in [1.807, 2.05) is 6.92 Å². The van der Waals surface area contributed by atoms with E-state index in [2.05, 4.69) is 5.32 Å². The summed E-state index contributed by atoms with van der Waals surface area (Å²) < 4.78 is 13.9. The summed E-state index contributed by atoms with van der Waals surface area (Å²) in [7, 11) is 0. The van der Waals surface area contributed by atoms with Crippen LogP contribution in [0.1, 0.15) is 36.5 Å². The molecule has 0 atom stereocenters. The van der Waals surface area contributed by atoms with Crippen LogP contribution in [0.3, 0.4) is 0 Å². The van der Waals surface area contributed by atoms with Gasteiger partial charge in [-0.3, -0.25) is 4.79 Å². The Balaban J connectivity index is 2.12. The first-order chi connectivity index (χ1) is 10.1. The molecule has 0 saturated carbocycles. The van der Waals surface area contributed by atoms with Gasteiger partial charge in [-0.05, 0) is 56.5 Å². The molecule has 1 aromatic rings. The van der Waals surface area contributed by atoms with Gasteiger partial charge in [0, 0.05) is 18.1 Å². The number of rotatable bonds is 5. The molecule has 1 aromatic carbocycles. The van der Waals surface area contributed by atoms with Crippen LogP contribution in [0.2, 0.25) is 5.02 Å². The Bertz CT molecular complexity index is 489. The standard InChI is InChI=1S/C16H22ClFN2O/c1-2-9-20(11-12-5-7-19-8-6-12)16(21)14-10-13(17)3-4-15(14)18/h3-4,10,12,19H,2,5-9,11H2,1H3. The number of nitrogens with one attached hydrogen (secondary N) is 1. The van der Waals surface area contributed by atoms with Crippen LogP contribution in [0.5, 0.6) is 0 Å². The molecule has 0 aliphatic carbocycles. The van der Waals surface area contributed by atoms with Crippen molar-refractivity contribution >= 4 is 17.5 Å². The Morgan fingerprint density at radius 3 is 2.81 bits per heavy atom. The highest BCUT2D eigenvalue weighted by molar-refractivity contribution is 6.31. The maximum absolute atomic E-state index is 13.9. The Hall–Kier alpha value is -1.13. The van der Waals surface area contributed by atoms with Gasteiger partial charge in [-0.15, -0.1) is 0 Å². The van der Waals surface area contributed by atoms with Crippen molar-refractivity contribution in [3.8, 4) is 0 Å². The average molecular weight is 313 g/mol. The highest BCUT2D eigenvalue weighted by Crippen LogP contribution is 2.19. The summed E-state index contributed by atoms with van der Waals surface area (Å²) in [5, 5.41) is 3.70. The number of amides is 1. The average Bonchev–Trinajstić information content (AvgIpc) is 2.49. The van der Waals surface area contributed by atoms with Crippen molar-refractivity contribution < 1.29 is 9.18 Å². The van der Waals surface area contributed by atoms with Crippen LogP contribution in [-0.2, 0) is 0 Å². The summed E-state index contributed by atoms with van der Waals surface area (Å²) >= 11 is 5.89. The number of hydrogen-bond acceptors (Lipinski definition) is 2. The van der Waals surface area contributed by atoms with Gasteiger partial charge in [-0.25, -0.2) is 4.39 Å². The molecule has 0 radical (unpaired) electrons. The SMILES string of the molecule is CCCN(CC1CCNCC1)C(=O)c1cc(Cl)ccc1F. The fourth-order valence-corrected chi connectivity index (χ4v) is 2.93. The quantitative estimate of drug-likeness (QED) is 0.904. The van der Waals surface area contributed by atoms with Crippen LogP contribution < -0.4 is 5.32 Å². The zero-order valence-electron chi connectivity index (χ0n) is 12.4. The lowest BCUT2D eigenvalue weighted by atomic mass is 9.97. The third-order valence-corrected chi connectivity index (χ3v) is 4.11. The second-order valence-electron chi connectivity index (χ2n) is 5.57. The zero-order valence-corrected chi connectivity index (χ0v) is 13.1. The summed E-state index contributed by atoms with van der Waals surface area (Å²) in [5.74, 6) is -0.268. The molecule has 2 rings (SSSR count). The smallest absolute Gasteiger partial charge is 0.256 e. The molecule has 21 heavy (non-hydrogen) atoms. The fraction of sp³-hybridized carbons (Fsp3) is 0.562. The first-order valence-corrected chi connectivity index (χ1v) is 7.94. The van der Waals surface area contributed by atoms with Gasteiger partial charge in [0.25, 0.3) is 5.91 Å². The van der Waals surface area contributed by atoms with Crippen LogP contribution in [0.25, 0.3) is 0 Å². The summed E-state index contributed by atoms with van der Waals surface area (Å²) in [6.45, 7) is 5.35. The molecule has 0 bridgehead atoms. The lowest BCUT2D eigenvalue weighted by molar-refractivity contribution is 0.0711. The van der Waals surface area contributed by atoms with E-state index in [1.165, 1.54) is 18.2 Å². The molecule has 1 amide bonds. The van der Waals surface area contributed by atoms with Crippen molar-refractivity contribution in [2.75, 3.05) is 26.2 Å². The molecule has 1 saturated heterocycles. The van der Waals surface area contributed by atoms with Crippen molar-refractivity contribution in [1.29, 1.82) is 0 Å². The van der Waals surface area contributed by atoms with Crippen molar-refractivity contribution in [2.24, 2.45) is 5.92 Å². The Morgan fingerprint density at radius 1 is 1.43 bits per heavy atom. The van der Waals surface area contributed by atoms with E-state index in [4.69, 9.17) is 11.6 Å². The highest BCUT2D eigenvalue weighted by Gasteiger charge is 2.23. The molecular formula is C16H22ClFN2O. The molecule has 116 valence electrons. The lowest BCUT2D eigenvalue weighted by Gasteiger charge is -2.30. The molecule has 5 heteroatoms. The molecule has 0 unspecified atom stereocenters. The number of piperidine rings is 1. The van der Waals surface area contributed by atoms with Gasteiger partial charge in [-0.1, -0.05) is 18.5 Å². The number of carbonyl (C=O) groups excluding carboxylic acids is 1. The zero-order chi connectivity index (χ0) is 15.2. The fourth-order valence-electron chi connectivity index (χ4n) is 2.75. The van der Waals surface area contributed by atoms with E-state index in [0.29, 0.717) is 24.0 Å². The van der Waals surface area contributed by atoms with Crippen molar-refractivity contribution in [3.63, 3.8) is 0 Å². The van der Waals surface area contributed by atoms with E-state index in [1.54, 1.807) is 4.90 Å². The molecule has 1 N–H and O–H groups in total. The second kappa shape index (κ2) is 7.76. The van der Waals surface area contributed by atoms with Gasteiger partial charge in [0.2, 0.25) is 0 Å². The van der Waals surface area contributed by atoms with Crippen LogP contribution >= 0.6 is 11.6 Å². The molecule has 1 heterocycles. The Kier molecular flexibility index (Phi) is 6.00. The first kappa shape index (κ1) is 16.2. The Labute approximate surface area is 130 Å². The van der Waals surface area contributed by atoms with E-state index < -0.39 is 5.82 Å². The van der Waals surface area contributed by atoms with E-state index in [0.717, 1.165) is 32.4 Å². The number of carbonyl (C=O) groups is 1. The van der Waals surface area contributed by atoms with Crippen molar-refractivity contribution in [2.45, 2.75) is 26.2 Å². The second-order valence-corrected chi connectivity index (χ2v) is 6.01. The molecule has 3 nitrogen and oxygen atoms in total. The largest absolute Gasteiger partial charge is 0.338 e. The van der Waals surface area contributed by atoms with Gasteiger partial charge in [0.15, 0.2) is 0 Å². The molecule has 0 spiro atoms. The number of halogens is 2. The Morgan fingerprint density at radius 2 is 2.14 bits per heavy atom. The normalized spacial score (nSPS) is 16.0. The van der Waals surface area contributed by atoms with Crippen LogP contribution in [0, 0.1) is 11.7 Å². The third kappa shape index (κ3) is 4.42. The minimum absolute atomic E-state index is 0.0740. The molecule has 0 aromatic heterocycles. The minimum atomic E-state index is -0.504. The van der Waals surface area contributed by atoms with Crippen molar-refractivity contribution in [1.82, 2.24) is 10.2 Å². The topological polar surface area (TPSA) is 32.3 Å². The van der Waals surface area contributed by atoms with Crippen LogP contribution in [0.15, 0.2) is 18.2 Å². The molecular weight excluding hydrogens is 291 g/mol. The maximum Gasteiger partial charge on any atom is 0.256 e. The third-order valence-electron chi connectivity index (χ3n) is 3.88. The van der Waals surface area contributed by atoms with Crippen molar-refractivity contribution in [3.05, 3.63) is 34.6 Å².